The standard InChI is InChI=1S/C8H16N2O.C4H11N3.C4H7NO2.C3H7NO.C2H6/c1-6-4-3-5-10(6)8(11)7(2)9;1-2-3-7-4(5)6;1-4(7)2-5-3-6;1-2-4-3-5;1-2/h6-7H,3-5,9H2,1-2H3;2-3H2,1H3,(H4,5,6,7);3H,2H2,1H3,(H,5,6);3H,2H2,1H3,(H,4,5);1-2H3. The minimum Gasteiger partial charge on any atom is -0.370 e. The van der Waals surface area contributed by atoms with Crippen molar-refractivity contribution in [1.82, 2.24) is 15.5 Å². The predicted octanol–water partition coefficient (Wildman–Crippen LogP) is 0.114. The number of Topliss-reactive ketones (excluding diaryl/α,β-unsaturated/α-hetero) is 1. The summed E-state index contributed by atoms with van der Waals surface area (Å²) in [5.41, 5.74) is 15.5. The van der Waals surface area contributed by atoms with Gasteiger partial charge in [0.25, 0.3) is 0 Å². The van der Waals surface area contributed by atoms with Crippen LogP contribution >= 0.6 is 0 Å². The average molecular weight is 462 g/mol. The number of nitrogens with one attached hydrogen (secondary N) is 2. The first kappa shape index (κ1) is 36.7. The molecule has 0 aromatic rings. The molecule has 1 saturated heterocycles. The van der Waals surface area contributed by atoms with Crippen molar-refractivity contribution in [2.75, 3.05) is 26.2 Å². The van der Waals surface area contributed by atoms with Crippen LogP contribution < -0.4 is 27.8 Å². The molecule has 0 spiro atoms. The highest BCUT2D eigenvalue weighted by Crippen LogP contribution is 2.16. The van der Waals surface area contributed by atoms with E-state index in [9.17, 15) is 19.2 Å². The van der Waals surface area contributed by atoms with Crippen molar-refractivity contribution >= 4 is 30.5 Å². The second-order valence-electron chi connectivity index (χ2n) is 6.49. The number of hydrogen-bond acceptors (Lipinski definition) is 6. The topological polar surface area (TPSA) is 186 Å². The number of guanidine groups is 1. The maximum absolute atomic E-state index is 11.4. The number of carbonyl (C=O) groups excluding carboxylic acids is 4. The lowest BCUT2D eigenvalue weighted by atomic mass is 10.2. The lowest BCUT2D eigenvalue weighted by molar-refractivity contribution is -0.132. The summed E-state index contributed by atoms with van der Waals surface area (Å²) in [5, 5.41) is 4.65. The fourth-order valence-corrected chi connectivity index (χ4v) is 2.03. The van der Waals surface area contributed by atoms with Crippen LogP contribution in [0.25, 0.3) is 0 Å². The molecule has 8 N–H and O–H groups in total. The number of aliphatic imine (C=N–C) groups is 1. The number of carbonyl (C=O) groups is 4. The molecule has 1 aliphatic heterocycles. The van der Waals surface area contributed by atoms with Crippen LogP contribution in [0, 0.1) is 0 Å². The molecular weight excluding hydrogens is 414 g/mol. The Morgan fingerprint density at radius 3 is 1.88 bits per heavy atom. The average Bonchev–Trinajstić information content (AvgIpc) is 3.19. The van der Waals surface area contributed by atoms with Crippen molar-refractivity contribution in [2.24, 2.45) is 22.2 Å². The predicted molar refractivity (Wildman–Crippen MR) is 131 cm³/mol. The van der Waals surface area contributed by atoms with E-state index in [0.29, 0.717) is 18.9 Å². The molecule has 11 heteroatoms. The molecule has 0 aromatic carbocycles. The maximum Gasteiger partial charge on any atom is 0.239 e. The highest BCUT2D eigenvalue weighted by Gasteiger charge is 2.26. The number of hydrogen-bond donors (Lipinski definition) is 5. The fraction of sp³-hybridized carbons (Fsp3) is 0.762. The lowest BCUT2D eigenvalue weighted by Crippen LogP contribution is -2.43. The molecule has 2 atom stereocenters. The van der Waals surface area contributed by atoms with Crippen molar-refractivity contribution in [3.05, 3.63) is 0 Å². The number of likely N-dealkylation sites (tertiary alicyclic amines) is 1. The summed E-state index contributed by atoms with van der Waals surface area (Å²) in [4.78, 5) is 45.7. The minimum absolute atomic E-state index is 0.0351. The van der Waals surface area contributed by atoms with Crippen molar-refractivity contribution in [2.45, 2.75) is 79.8 Å². The van der Waals surface area contributed by atoms with E-state index in [-0.39, 0.29) is 30.2 Å². The van der Waals surface area contributed by atoms with Gasteiger partial charge < -0.3 is 32.7 Å². The number of amides is 3. The quantitative estimate of drug-likeness (QED) is 0.193. The van der Waals surface area contributed by atoms with Crippen LogP contribution in [0.1, 0.15) is 67.7 Å². The van der Waals surface area contributed by atoms with Gasteiger partial charge in [-0.25, -0.2) is 0 Å². The number of nitrogens with zero attached hydrogens (tertiary/aromatic N) is 2. The summed E-state index contributed by atoms with van der Waals surface area (Å²) in [6, 6.07) is 0.0593. The largest absolute Gasteiger partial charge is 0.370 e. The number of rotatable bonds is 8. The Labute approximate surface area is 193 Å². The van der Waals surface area contributed by atoms with Crippen LogP contribution in [0.3, 0.4) is 0 Å². The Kier molecular flexibility index (Phi) is 32.4. The zero-order chi connectivity index (χ0) is 25.9. The van der Waals surface area contributed by atoms with Gasteiger partial charge in [0.2, 0.25) is 18.7 Å². The number of ketones is 1. The van der Waals surface area contributed by atoms with Gasteiger partial charge in [0.1, 0.15) is 5.78 Å². The van der Waals surface area contributed by atoms with E-state index in [2.05, 4.69) is 22.5 Å². The third kappa shape index (κ3) is 29.5. The number of nitrogens with two attached hydrogens (primary N) is 3. The van der Waals surface area contributed by atoms with Crippen molar-refractivity contribution in [1.29, 1.82) is 0 Å². The summed E-state index contributed by atoms with van der Waals surface area (Å²) in [7, 11) is 0. The third-order valence-electron chi connectivity index (χ3n) is 3.47. The van der Waals surface area contributed by atoms with Crippen LogP contribution in [-0.2, 0) is 19.2 Å². The van der Waals surface area contributed by atoms with Crippen molar-refractivity contribution < 1.29 is 19.2 Å². The lowest BCUT2D eigenvalue weighted by Gasteiger charge is -2.23. The Hall–Kier alpha value is -2.69. The highest BCUT2D eigenvalue weighted by molar-refractivity contribution is 5.81. The van der Waals surface area contributed by atoms with Crippen LogP contribution in [-0.4, -0.2) is 73.6 Å². The summed E-state index contributed by atoms with van der Waals surface area (Å²) in [6.07, 6.45) is 4.43. The first-order chi connectivity index (χ1) is 15.1. The van der Waals surface area contributed by atoms with E-state index < -0.39 is 0 Å². The molecule has 1 heterocycles. The molecular formula is C21H47N7O4. The van der Waals surface area contributed by atoms with Crippen LogP contribution in [0.15, 0.2) is 4.99 Å². The molecule has 11 nitrogen and oxygen atoms in total. The Bertz CT molecular complexity index is 497. The van der Waals surface area contributed by atoms with Gasteiger partial charge >= 0.3 is 0 Å². The maximum atomic E-state index is 11.4. The summed E-state index contributed by atoms with van der Waals surface area (Å²) >= 11 is 0. The molecule has 0 aliphatic carbocycles. The smallest absolute Gasteiger partial charge is 0.239 e. The second-order valence-corrected chi connectivity index (χ2v) is 6.49. The molecule has 1 aliphatic rings. The van der Waals surface area contributed by atoms with Gasteiger partial charge in [-0.3, -0.25) is 24.2 Å². The molecule has 2 unspecified atom stereocenters. The van der Waals surface area contributed by atoms with Gasteiger partial charge in [-0.2, -0.15) is 0 Å². The van der Waals surface area contributed by atoms with E-state index in [1.807, 2.05) is 32.6 Å². The van der Waals surface area contributed by atoms with Crippen molar-refractivity contribution in [3.63, 3.8) is 0 Å². The van der Waals surface area contributed by atoms with Gasteiger partial charge in [0.05, 0.1) is 12.6 Å². The van der Waals surface area contributed by atoms with Crippen LogP contribution in [0.4, 0.5) is 0 Å². The Morgan fingerprint density at radius 1 is 1.16 bits per heavy atom. The molecule has 0 saturated carbocycles. The normalized spacial score (nSPS) is 14.0. The molecule has 32 heavy (non-hydrogen) atoms. The highest BCUT2D eigenvalue weighted by atomic mass is 16.2. The SMILES string of the molecule is CC.CC(=O)CNC=O.CC(N)C(=O)N1CCCC1C.CCCN=C(N)N.CCNC=O. The van der Waals surface area contributed by atoms with E-state index in [0.717, 1.165) is 38.9 Å². The van der Waals surface area contributed by atoms with Gasteiger partial charge in [-0.05, 0) is 47.0 Å². The van der Waals surface area contributed by atoms with E-state index >= 15 is 0 Å². The molecule has 190 valence electrons. The van der Waals surface area contributed by atoms with E-state index in [1.54, 1.807) is 6.92 Å². The monoisotopic (exact) mass is 461 g/mol. The van der Waals surface area contributed by atoms with Gasteiger partial charge in [-0.15, -0.1) is 0 Å². The Morgan fingerprint density at radius 2 is 1.69 bits per heavy atom. The van der Waals surface area contributed by atoms with Crippen LogP contribution in [0.2, 0.25) is 0 Å². The van der Waals surface area contributed by atoms with Gasteiger partial charge in [-0.1, -0.05) is 20.8 Å². The van der Waals surface area contributed by atoms with E-state index in [1.165, 1.54) is 6.92 Å². The second kappa shape index (κ2) is 28.3. The molecule has 3 amide bonds. The molecule has 1 rings (SSSR count). The van der Waals surface area contributed by atoms with E-state index in [4.69, 9.17) is 17.2 Å². The first-order valence-electron chi connectivity index (χ1n) is 11.0. The van der Waals surface area contributed by atoms with Crippen LogP contribution in [0.5, 0.6) is 0 Å². The molecule has 1 fully saturated rings. The summed E-state index contributed by atoms with van der Waals surface area (Å²) < 4.78 is 0. The molecule has 0 aromatic heterocycles. The summed E-state index contributed by atoms with van der Waals surface area (Å²) in [5.74, 6) is 0.240. The zero-order valence-corrected chi connectivity index (χ0v) is 21.0. The van der Waals surface area contributed by atoms with Gasteiger partial charge in [0.15, 0.2) is 5.96 Å². The zero-order valence-electron chi connectivity index (χ0n) is 21.0. The Balaban J connectivity index is -0.000000166. The fourth-order valence-electron chi connectivity index (χ4n) is 2.03. The molecule has 0 bridgehead atoms. The molecule has 0 radical (unpaired) electrons. The summed E-state index contributed by atoms with van der Waals surface area (Å²) in [6.45, 7) is 15.6. The first-order valence-corrected chi connectivity index (χ1v) is 11.0. The van der Waals surface area contributed by atoms with Crippen molar-refractivity contribution in [3.8, 4) is 0 Å². The minimum atomic E-state index is -0.337. The van der Waals surface area contributed by atoms with Gasteiger partial charge in [0, 0.05) is 25.7 Å². The third-order valence-corrected chi connectivity index (χ3v) is 3.47.